The van der Waals surface area contributed by atoms with E-state index in [1.165, 1.54) is 23.3 Å². The summed E-state index contributed by atoms with van der Waals surface area (Å²) < 4.78 is 42.7. The monoisotopic (exact) mass is 480 g/mol. The largest absolute Gasteiger partial charge is 0.420 e. The highest BCUT2D eigenvalue weighted by Crippen LogP contribution is 2.37. The lowest BCUT2D eigenvalue weighted by atomic mass is 10.1. The van der Waals surface area contributed by atoms with E-state index >= 15 is 0 Å². The number of amides is 1. The number of carbonyl (C=O) groups is 1. The zero-order chi connectivity index (χ0) is 23.0. The number of rotatable bonds is 5. The summed E-state index contributed by atoms with van der Waals surface area (Å²) in [6.45, 7) is 4.63. The molecule has 4 heterocycles. The molecule has 0 saturated carbocycles. The van der Waals surface area contributed by atoms with Crippen LogP contribution in [0.3, 0.4) is 0 Å². The Morgan fingerprint density at radius 1 is 1.44 bits per heavy atom. The Hall–Kier alpha value is -2.78. The number of allylic oxidation sites excluding steroid dienone is 2. The minimum Gasteiger partial charge on any atom is -0.393 e. The predicted molar refractivity (Wildman–Crippen MR) is 120 cm³/mol. The summed E-state index contributed by atoms with van der Waals surface area (Å²) >= 11 is 8.04. The van der Waals surface area contributed by atoms with Crippen LogP contribution < -0.4 is 5.32 Å². The summed E-state index contributed by atoms with van der Waals surface area (Å²) in [5, 5.41) is 4.61. The number of pyridine rings is 1. The Kier molecular flexibility index (Phi) is 6.05. The third kappa shape index (κ3) is 4.02. The maximum Gasteiger partial charge on any atom is 0.420 e. The van der Waals surface area contributed by atoms with Gasteiger partial charge in [0.25, 0.3) is 5.91 Å². The number of carbonyl (C=O) groups excluding carboxylic acids is 1. The molecule has 0 aliphatic carbocycles. The molecule has 168 valence electrons. The fraction of sp³-hybridized carbons (Fsp3) is 0.273. The molecular weight excluding hydrogens is 461 g/mol. The molecule has 32 heavy (non-hydrogen) atoms. The van der Waals surface area contributed by atoms with Gasteiger partial charge in [0, 0.05) is 48.9 Å². The van der Waals surface area contributed by atoms with E-state index in [-0.39, 0.29) is 22.3 Å². The van der Waals surface area contributed by atoms with Crippen LogP contribution in [0.4, 0.5) is 13.2 Å². The minimum atomic E-state index is -4.68. The standard InChI is InChI=1S/C22H20ClF3N4OS/c1-3-13(10-27-2)15-9-16(22(24,25)26)20-28-18(19(23)30(20)12-15)21(31)29-7-6-14(11-29)17-5-4-8-32-17/h3-5,8-10,12,14,27H,1,6-7,11H2,2H3/b13-10+. The van der Waals surface area contributed by atoms with E-state index in [2.05, 4.69) is 16.9 Å². The number of likely N-dealkylation sites (tertiary alicyclic amines) is 1. The third-order valence-corrected chi connectivity index (χ3v) is 6.84. The van der Waals surface area contributed by atoms with Gasteiger partial charge in [-0.3, -0.25) is 9.20 Å². The first-order chi connectivity index (χ1) is 15.2. The molecule has 1 amide bonds. The number of alkyl halides is 3. The molecule has 1 fully saturated rings. The average Bonchev–Trinajstić information content (AvgIpc) is 3.50. The first-order valence-corrected chi connectivity index (χ1v) is 11.1. The molecule has 0 radical (unpaired) electrons. The predicted octanol–water partition coefficient (Wildman–Crippen LogP) is 5.44. The number of hydrogen-bond acceptors (Lipinski definition) is 4. The number of nitrogens with one attached hydrogen (secondary N) is 1. The number of nitrogens with zero attached hydrogens (tertiary/aromatic N) is 3. The summed E-state index contributed by atoms with van der Waals surface area (Å²) in [6, 6.07) is 4.97. The van der Waals surface area contributed by atoms with Gasteiger partial charge in [0.2, 0.25) is 0 Å². The number of thiophene rings is 1. The molecule has 0 aromatic carbocycles. The van der Waals surface area contributed by atoms with E-state index < -0.39 is 23.3 Å². The molecule has 0 bridgehead atoms. The summed E-state index contributed by atoms with van der Waals surface area (Å²) in [7, 11) is 1.63. The smallest absolute Gasteiger partial charge is 0.393 e. The highest BCUT2D eigenvalue weighted by atomic mass is 35.5. The molecule has 1 unspecified atom stereocenters. The van der Waals surface area contributed by atoms with E-state index in [1.807, 2.05) is 17.5 Å². The first-order valence-electron chi connectivity index (χ1n) is 9.86. The van der Waals surface area contributed by atoms with Crippen LogP contribution in [-0.2, 0) is 6.18 Å². The van der Waals surface area contributed by atoms with Crippen molar-refractivity contribution in [3.05, 3.63) is 75.5 Å². The lowest BCUT2D eigenvalue weighted by Crippen LogP contribution is -2.29. The fourth-order valence-corrected chi connectivity index (χ4v) is 4.99. The van der Waals surface area contributed by atoms with Crippen LogP contribution in [0.25, 0.3) is 11.2 Å². The van der Waals surface area contributed by atoms with Crippen molar-refractivity contribution in [1.82, 2.24) is 19.6 Å². The van der Waals surface area contributed by atoms with Crippen molar-refractivity contribution in [3.63, 3.8) is 0 Å². The Morgan fingerprint density at radius 2 is 2.22 bits per heavy atom. The molecule has 4 rings (SSSR count). The van der Waals surface area contributed by atoms with Gasteiger partial charge in [0.1, 0.15) is 5.15 Å². The Balaban J connectivity index is 1.77. The van der Waals surface area contributed by atoms with E-state index in [9.17, 15) is 18.0 Å². The fourth-order valence-electron chi connectivity index (χ4n) is 3.89. The van der Waals surface area contributed by atoms with E-state index in [0.29, 0.717) is 18.7 Å². The molecule has 3 aromatic rings. The van der Waals surface area contributed by atoms with Crippen molar-refractivity contribution in [2.75, 3.05) is 20.1 Å². The second-order valence-corrected chi connectivity index (χ2v) is 8.77. The summed E-state index contributed by atoms with van der Waals surface area (Å²) in [5.74, 6) is -0.268. The number of halogens is 4. The Bertz CT molecular complexity index is 1200. The van der Waals surface area contributed by atoms with Crippen LogP contribution in [0.5, 0.6) is 0 Å². The van der Waals surface area contributed by atoms with Gasteiger partial charge in [0.05, 0.1) is 5.56 Å². The molecule has 3 aromatic heterocycles. The Morgan fingerprint density at radius 3 is 2.84 bits per heavy atom. The number of hydrogen-bond donors (Lipinski definition) is 1. The molecule has 1 N–H and O–H groups in total. The number of fused-ring (bicyclic) bond motifs is 1. The van der Waals surface area contributed by atoms with Gasteiger partial charge in [0.15, 0.2) is 11.3 Å². The van der Waals surface area contributed by atoms with E-state index in [0.717, 1.165) is 16.9 Å². The second kappa shape index (κ2) is 8.63. The lowest BCUT2D eigenvalue weighted by Gasteiger charge is -2.15. The molecule has 0 spiro atoms. The van der Waals surface area contributed by atoms with Gasteiger partial charge >= 0.3 is 6.18 Å². The van der Waals surface area contributed by atoms with Crippen LogP contribution >= 0.6 is 22.9 Å². The van der Waals surface area contributed by atoms with E-state index in [1.54, 1.807) is 23.3 Å². The van der Waals surface area contributed by atoms with Crippen LogP contribution in [0.15, 0.2) is 48.6 Å². The van der Waals surface area contributed by atoms with Crippen molar-refractivity contribution in [1.29, 1.82) is 0 Å². The molecule has 10 heteroatoms. The first kappa shape index (κ1) is 22.4. The number of imidazole rings is 1. The van der Waals surface area contributed by atoms with Crippen LogP contribution in [-0.4, -0.2) is 40.3 Å². The molecule has 5 nitrogen and oxygen atoms in total. The van der Waals surface area contributed by atoms with Gasteiger partial charge in [-0.15, -0.1) is 11.3 Å². The van der Waals surface area contributed by atoms with Crippen molar-refractivity contribution < 1.29 is 18.0 Å². The van der Waals surface area contributed by atoms with Gasteiger partial charge in [-0.2, -0.15) is 13.2 Å². The highest BCUT2D eigenvalue weighted by molar-refractivity contribution is 7.10. The summed E-state index contributed by atoms with van der Waals surface area (Å²) in [6.07, 6.45) is 0.493. The van der Waals surface area contributed by atoms with Crippen molar-refractivity contribution >= 4 is 40.1 Å². The Labute approximate surface area is 191 Å². The quantitative estimate of drug-likeness (QED) is 0.494. The molecular formula is C22H20ClF3N4OS. The second-order valence-electron chi connectivity index (χ2n) is 7.43. The SMILES string of the molecule is C=C/C(=C\NC)c1cc(C(F)(F)F)c2nc(C(=O)N3CCC(c4cccs4)C3)c(Cl)n2c1. The maximum atomic E-state index is 13.9. The molecule has 1 aliphatic heterocycles. The zero-order valence-electron chi connectivity index (χ0n) is 17.1. The third-order valence-electron chi connectivity index (χ3n) is 5.44. The van der Waals surface area contributed by atoms with Crippen LogP contribution in [0.2, 0.25) is 5.15 Å². The average molecular weight is 481 g/mol. The van der Waals surface area contributed by atoms with Gasteiger partial charge < -0.3 is 10.2 Å². The van der Waals surface area contributed by atoms with Gasteiger partial charge in [-0.1, -0.05) is 30.3 Å². The maximum absolute atomic E-state index is 13.9. The lowest BCUT2D eigenvalue weighted by molar-refractivity contribution is -0.136. The highest BCUT2D eigenvalue weighted by Gasteiger charge is 2.37. The zero-order valence-corrected chi connectivity index (χ0v) is 18.7. The summed E-state index contributed by atoms with van der Waals surface area (Å²) in [4.78, 5) is 20.0. The molecule has 1 aliphatic rings. The number of aromatic nitrogens is 2. The van der Waals surface area contributed by atoms with Crippen molar-refractivity contribution in [2.24, 2.45) is 0 Å². The van der Waals surface area contributed by atoms with Crippen molar-refractivity contribution in [3.8, 4) is 0 Å². The normalized spacial score (nSPS) is 17.2. The van der Waals surface area contributed by atoms with Crippen molar-refractivity contribution in [2.45, 2.75) is 18.5 Å². The van der Waals surface area contributed by atoms with Crippen LogP contribution in [0.1, 0.15) is 38.8 Å². The molecule has 1 saturated heterocycles. The van der Waals surface area contributed by atoms with Gasteiger partial charge in [-0.05, 0) is 29.5 Å². The topological polar surface area (TPSA) is 49.6 Å². The minimum absolute atomic E-state index is 0.148. The molecule has 1 atom stereocenters. The van der Waals surface area contributed by atoms with Gasteiger partial charge in [-0.25, -0.2) is 4.98 Å². The van der Waals surface area contributed by atoms with E-state index in [4.69, 9.17) is 11.6 Å². The van der Waals surface area contributed by atoms with Crippen LogP contribution in [0, 0.1) is 0 Å². The summed E-state index contributed by atoms with van der Waals surface area (Å²) in [5.41, 5.74) is -0.879.